The van der Waals surface area contributed by atoms with Crippen molar-refractivity contribution in [3.8, 4) is 11.1 Å². The minimum atomic E-state index is 0.688. The summed E-state index contributed by atoms with van der Waals surface area (Å²) in [6, 6.07) is 11.5. The van der Waals surface area contributed by atoms with E-state index in [-0.39, 0.29) is 0 Å². The molecule has 0 spiro atoms. The molecule has 0 unspecified atom stereocenters. The van der Waals surface area contributed by atoms with Crippen molar-refractivity contribution in [3.63, 3.8) is 0 Å². The third-order valence-corrected chi connectivity index (χ3v) is 2.82. The van der Waals surface area contributed by atoms with Crippen LogP contribution in [0.1, 0.15) is 10.4 Å². The Bertz CT molecular complexity index is 668. The summed E-state index contributed by atoms with van der Waals surface area (Å²) in [4.78, 5) is 17.9. The number of carbonyl (C=O) groups excluding carboxylic acids is 1. The Morgan fingerprint density at radius 1 is 1.06 bits per heavy atom. The standard InChI is InChI=1S/C14H10N2O/c17-9-10-1-3-11(4-2-10)12-5-7-15-14-13(12)6-8-16-14/h1-9H,(H,15,16). The topological polar surface area (TPSA) is 45.8 Å². The van der Waals surface area contributed by atoms with Crippen LogP contribution in [0.15, 0.2) is 48.8 Å². The number of benzene rings is 1. The van der Waals surface area contributed by atoms with Crippen LogP contribution in [0.4, 0.5) is 0 Å². The summed E-state index contributed by atoms with van der Waals surface area (Å²) in [5.74, 6) is 0. The second-order valence-electron chi connectivity index (χ2n) is 3.84. The second-order valence-corrected chi connectivity index (χ2v) is 3.84. The highest BCUT2D eigenvalue weighted by Crippen LogP contribution is 2.26. The van der Waals surface area contributed by atoms with Gasteiger partial charge in [0.2, 0.25) is 0 Å². The van der Waals surface area contributed by atoms with E-state index >= 15 is 0 Å². The molecule has 0 aliphatic heterocycles. The zero-order chi connectivity index (χ0) is 11.7. The maximum absolute atomic E-state index is 10.6. The highest BCUT2D eigenvalue weighted by molar-refractivity contribution is 5.93. The van der Waals surface area contributed by atoms with Crippen molar-refractivity contribution >= 4 is 17.3 Å². The summed E-state index contributed by atoms with van der Waals surface area (Å²) < 4.78 is 0. The Kier molecular flexibility index (Phi) is 2.22. The van der Waals surface area contributed by atoms with Crippen molar-refractivity contribution < 1.29 is 4.79 Å². The summed E-state index contributed by atoms with van der Waals surface area (Å²) in [5, 5.41) is 1.09. The molecule has 2 aromatic heterocycles. The number of aromatic amines is 1. The molecule has 17 heavy (non-hydrogen) atoms. The van der Waals surface area contributed by atoms with Crippen LogP contribution in [0.5, 0.6) is 0 Å². The predicted molar refractivity (Wildman–Crippen MR) is 66.9 cm³/mol. The lowest BCUT2D eigenvalue weighted by Gasteiger charge is -2.03. The summed E-state index contributed by atoms with van der Waals surface area (Å²) in [5.41, 5.74) is 3.77. The molecule has 3 heteroatoms. The molecule has 0 aliphatic carbocycles. The van der Waals surface area contributed by atoms with Crippen LogP contribution in [-0.2, 0) is 0 Å². The molecule has 0 amide bonds. The number of aromatic nitrogens is 2. The fourth-order valence-corrected chi connectivity index (χ4v) is 1.95. The molecule has 0 aliphatic rings. The number of hydrogen-bond acceptors (Lipinski definition) is 2. The number of pyridine rings is 1. The van der Waals surface area contributed by atoms with Crippen LogP contribution in [0.3, 0.4) is 0 Å². The fourth-order valence-electron chi connectivity index (χ4n) is 1.95. The first-order chi connectivity index (χ1) is 8.38. The number of H-pyrrole nitrogens is 1. The van der Waals surface area contributed by atoms with E-state index in [0.29, 0.717) is 5.56 Å². The first-order valence-corrected chi connectivity index (χ1v) is 5.36. The fraction of sp³-hybridized carbons (Fsp3) is 0. The van der Waals surface area contributed by atoms with E-state index in [2.05, 4.69) is 9.97 Å². The van der Waals surface area contributed by atoms with E-state index in [1.54, 1.807) is 6.20 Å². The van der Waals surface area contributed by atoms with Crippen molar-refractivity contribution in [2.24, 2.45) is 0 Å². The minimum absolute atomic E-state index is 0.688. The van der Waals surface area contributed by atoms with Crippen LogP contribution in [0.25, 0.3) is 22.2 Å². The van der Waals surface area contributed by atoms with Crippen LogP contribution in [0, 0.1) is 0 Å². The van der Waals surface area contributed by atoms with E-state index < -0.39 is 0 Å². The Morgan fingerprint density at radius 2 is 1.88 bits per heavy atom. The number of nitrogens with zero attached hydrogens (tertiary/aromatic N) is 1. The number of nitrogens with one attached hydrogen (secondary N) is 1. The van der Waals surface area contributed by atoms with Gasteiger partial charge in [0.25, 0.3) is 0 Å². The number of aldehydes is 1. The van der Waals surface area contributed by atoms with Gasteiger partial charge < -0.3 is 4.98 Å². The number of rotatable bonds is 2. The van der Waals surface area contributed by atoms with Gasteiger partial charge in [0.05, 0.1) is 0 Å². The van der Waals surface area contributed by atoms with Crippen molar-refractivity contribution in [2.45, 2.75) is 0 Å². The van der Waals surface area contributed by atoms with E-state index in [9.17, 15) is 4.79 Å². The van der Waals surface area contributed by atoms with Gasteiger partial charge in [0.1, 0.15) is 11.9 Å². The number of hydrogen-bond donors (Lipinski definition) is 1. The molecular formula is C14H10N2O. The maximum Gasteiger partial charge on any atom is 0.150 e. The van der Waals surface area contributed by atoms with Crippen molar-refractivity contribution in [1.29, 1.82) is 0 Å². The van der Waals surface area contributed by atoms with E-state index in [4.69, 9.17) is 0 Å². The van der Waals surface area contributed by atoms with Crippen molar-refractivity contribution in [2.75, 3.05) is 0 Å². The van der Waals surface area contributed by atoms with Gasteiger partial charge in [-0.25, -0.2) is 4.98 Å². The second kappa shape index (κ2) is 3.87. The van der Waals surface area contributed by atoms with Gasteiger partial charge in [0, 0.05) is 23.3 Å². The monoisotopic (exact) mass is 222 g/mol. The van der Waals surface area contributed by atoms with E-state index in [1.807, 2.05) is 42.6 Å². The molecule has 2 heterocycles. The number of carbonyl (C=O) groups is 1. The highest BCUT2D eigenvalue weighted by Gasteiger charge is 2.04. The highest BCUT2D eigenvalue weighted by atomic mass is 16.1. The first-order valence-electron chi connectivity index (χ1n) is 5.36. The average Bonchev–Trinajstić information content (AvgIpc) is 2.87. The van der Waals surface area contributed by atoms with Gasteiger partial charge >= 0.3 is 0 Å². The van der Waals surface area contributed by atoms with Crippen LogP contribution in [0.2, 0.25) is 0 Å². The zero-order valence-electron chi connectivity index (χ0n) is 9.05. The van der Waals surface area contributed by atoms with Gasteiger partial charge in [-0.05, 0) is 23.3 Å². The van der Waals surface area contributed by atoms with E-state index in [0.717, 1.165) is 28.4 Å². The minimum Gasteiger partial charge on any atom is -0.346 e. The molecule has 0 radical (unpaired) electrons. The summed E-state index contributed by atoms with van der Waals surface area (Å²) in [6.45, 7) is 0. The Hall–Kier alpha value is -2.42. The lowest BCUT2D eigenvalue weighted by atomic mass is 10.0. The van der Waals surface area contributed by atoms with E-state index in [1.165, 1.54) is 0 Å². The summed E-state index contributed by atoms with van der Waals surface area (Å²) in [7, 11) is 0. The van der Waals surface area contributed by atoms with Gasteiger partial charge in [-0.2, -0.15) is 0 Å². The molecule has 3 aromatic rings. The van der Waals surface area contributed by atoms with Gasteiger partial charge in [-0.3, -0.25) is 4.79 Å². The SMILES string of the molecule is O=Cc1ccc(-c2ccnc3[nH]ccc23)cc1. The lowest BCUT2D eigenvalue weighted by Crippen LogP contribution is -1.83. The molecule has 1 aromatic carbocycles. The zero-order valence-corrected chi connectivity index (χ0v) is 9.05. The normalized spacial score (nSPS) is 10.6. The van der Waals surface area contributed by atoms with Crippen molar-refractivity contribution in [3.05, 3.63) is 54.4 Å². The maximum atomic E-state index is 10.6. The Labute approximate surface area is 98.1 Å². The summed E-state index contributed by atoms with van der Waals surface area (Å²) >= 11 is 0. The third-order valence-electron chi connectivity index (χ3n) is 2.82. The first kappa shape index (κ1) is 9.78. The Balaban J connectivity index is 2.19. The van der Waals surface area contributed by atoms with Crippen LogP contribution < -0.4 is 0 Å². The molecule has 0 saturated heterocycles. The largest absolute Gasteiger partial charge is 0.346 e. The van der Waals surface area contributed by atoms with Gasteiger partial charge in [0.15, 0.2) is 0 Å². The smallest absolute Gasteiger partial charge is 0.150 e. The third kappa shape index (κ3) is 1.61. The molecule has 0 saturated carbocycles. The van der Waals surface area contributed by atoms with Crippen LogP contribution in [-0.4, -0.2) is 16.3 Å². The quantitative estimate of drug-likeness (QED) is 0.677. The molecular weight excluding hydrogens is 212 g/mol. The van der Waals surface area contributed by atoms with Gasteiger partial charge in [-0.15, -0.1) is 0 Å². The molecule has 0 bridgehead atoms. The lowest BCUT2D eigenvalue weighted by molar-refractivity contribution is 0.112. The molecule has 3 rings (SSSR count). The van der Waals surface area contributed by atoms with Crippen molar-refractivity contribution in [1.82, 2.24) is 9.97 Å². The van der Waals surface area contributed by atoms with Crippen LogP contribution >= 0.6 is 0 Å². The average molecular weight is 222 g/mol. The number of fused-ring (bicyclic) bond motifs is 1. The molecule has 0 atom stereocenters. The molecule has 1 N–H and O–H groups in total. The Morgan fingerprint density at radius 3 is 2.65 bits per heavy atom. The molecule has 0 fully saturated rings. The molecule has 82 valence electrons. The summed E-state index contributed by atoms with van der Waals surface area (Å²) in [6.07, 6.45) is 4.50. The predicted octanol–water partition coefficient (Wildman–Crippen LogP) is 3.04. The molecule has 3 nitrogen and oxygen atoms in total. The van der Waals surface area contributed by atoms with Gasteiger partial charge in [-0.1, -0.05) is 24.3 Å².